The normalized spacial score (nSPS) is 15.2. The standard InChI is InChI=1S/C27H27N3O3S/c1-19-8-10-20(11-9-19)24-18-29-27(33-24)22-6-3-2-5-21(22)26(31)28-17-23(25-7-4-16-34-25)30-12-14-32-15-13-30/h2-11,16,18,23H,12-15,17H2,1H3,(H,28,31)/t23-/m0/s1. The minimum absolute atomic E-state index is 0.120. The van der Waals surface area contributed by atoms with E-state index in [4.69, 9.17) is 9.15 Å². The predicted molar refractivity (Wildman–Crippen MR) is 134 cm³/mol. The number of nitrogens with zero attached hydrogens (tertiary/aromatic N) is 2. The molecular formula is C27H27N3O3S. The van der Waals surface area contributed by atoms with E-state index in [1.807, 2.05) is 55.5 Å². The van der Waals surface area contributed by atoms with Crippen molar-refractivity contribution in [3.05, 3.63) is 88.2 Å². The van der Waals surface area contributed by atoms with Gasteiger partial charge in [0.2, 0.25) is 5.89 Å². The molecule has 1 amide bonds. The largest absolute Gasteiger partial charge is 0.436 e. The van der Waals surface area contributed by atoms with Gasteiger partial charge in [-0.15, -0.1) is 11.3 Å². The van der Waals surface area contributed by atoms with E-state index in [1.165, 1.54) is 10.4 Å². The molecule has 0 spiro atoms. The van der Waals surface area contributed by atoms with Crippen LogP contribution in [0.3, 0.4) is 0 Å². The Labute approximate surface area is 203 Å². The number of amides is 1. The number of benzene rings is 2. The van der Waals surface area contributed by atoms with Crippen molar-refractivity contribution in [3.63, 3.8) is 0 Å². The molecule has 0 aliphatic carbocycles. The number of carbonyl (C=O) groups excluding carboxylic acids is 1. The molecule has 3 heterocycles. The number of hydrogen-bond donors (Lipinski definition) is 1. The number of rotatable bonds is 7. The second kappa shape index (κ2) is 10.3. The predicted octanol–water partition coefficient (Wildman–Crippen LogP) is 5.18. The molecule has 174 valence electrons. The van der Waals surface area contributed by atoms with Gasteiger partial charge in [-0.25, -0.2) is 4.98 Å². The Bertz CT molecular complexity index is 1230. The van der Waals surface area contributed by atoms with Crippen LogP contribution in [0.2, 0.25) is 0 Å². The van der Waals surface area contributed by atoms with Gasteiger partial charge >= 0.3 is 0 Å². The van der Waals surface area contributed by atoms with E-state index < -0.39 is 0 Å². The Morgan fingerprint density at radius 2 is 1.88 bits per heavy atom. The first-order valence-corrected chi connectivity index (χ1v) is 12.3. The third-order valence-corrected chi connectivity index (χ3v) is 7.03. The van der Waals surface area contributed by atoms with Gasteiger partial charge in [-0.05, 0) is 30.5 Å². The van der Waals surface area contributed by atoms with Crippen LogP contribution < -0.4 is 5.32 Å². The van der Waals surface area contributed by atoms with Crippen molar-refractivity contribution in [1.82, 2.24) is 15.2 Å². The average Bonchev–Trinajstić information content (AvgIpc) is 3.58. The third kappa shape index (κ3) is 4.97. The lowest BCUT2D eigenvalue weighted by molar-refractivity contribution is 0.0169. The zero-order valence-corrected chi connectivity index (χ0v) is 19.9. The van der Waals surface area contributed by atoms with Gasteiger partial charge in [0.15, 0.2) is 5.76 Å². The third-order valence-electron chi connectivity index (χ3n) is 6.06. The molecule has 5 rings (SSSR count). The van der Waals surface area contributed by atoms with Crippen LogP contribution in [0.25, 0.3) is 22.8 Å². The highest BCUT2D eigenvalue weighted by Crippen LogP contribution is 2.29. The van der Waals surface area contributed by atoms with Gasteiger partial charge in [0.1, 0.15) is 0 Å². The van der Waals surface area contributed by atoms with E-state index in [9.17, 15) is 4.79 Å². The van der Waals surface area contributed by atoms with Crippen molar-refractivity contribution in [2.45, 2.75) is 13.0 Å². The summed E-state index contributed by atoms with van der Waals surface area (Å²) in [5, 5.41) is 5.23. The summed E-state index contributed by atoms with van der Waals surface area (Å²) in [5.74, 6) is 0.972. The van der Waals surface area contributed by atoms with E-state index in [0.29, 0.717) is 42.5 Å². The van der Waals surface area contributed by atoms with Gasteiger partial charge in [0.25, 0.3) is 5.91 Å². The zero-order valence-electron chi connectivity index (χ0n) is 19.1. The number of aromatic nitrogens is 1. The fraction of sp³-hybridized carbons (Fsp3) is 0.259. The SMILES string of the molecule is Cc1ccc(-c2cnc(-c3ccccc3C(=O)NC[C@@H](c3cccs3)N3CCOCC3)o2)cc1. The molecule has 1 N–H and O–H groups in total. The van der Waals surface area contributed by atoms with Gasteiger partial charge in [-0.1, -0.05) is 48.0 Å². The number of morpholine rings is 1. The molecule has 4 aromatic rings. The molecule has 2 aromatic heterocycles. The summed E-state index contributed by atoms with van der Waals surface area (Å²) in [6.07, 6.45) is 1.71. The summed E-state index contributed by atoms with van der Waals surface area (Å²) in [6, 6.07) is 19.8. The number of carbonyl (C=O) groups is 1. The molecule has 0 saturated carbocycles. The number of thiophene rings is 1. The molecule has 1 aliphatic heterocycles. The van der Waals surface area contributed by atoms with Crippen molar-refractivity contribution < 1.29 is 13.9 Å². The highest BCUT2D eigenvalue weighted by molar-refractivity contribution is 7.10. The van der Waals surface area contributed by atoms with Crippen molar-refractivity contribution in [1.29, 1.82) is 0 Å². The second-order valence-electron chi connectivity index (χ2n) is 8.33. The Morgan fingerprint density at radius 3 is 2.65 bits per heavy atom. The topological polar surface area (TPSA) is 67.6 Å². The first-order valence-electron chi connectivity index (χ1n) is 11.4. The average molecular weight is 474 g/mol. The maximum Gasteiger partial charge on any atom is 0.252 e. The maximum atomic E-state index is 13.3. The quantitative estimate of drug-likeness (QED) is 0.401. The van der Waals surface area contributed by atoms with Crippen LogP contribution in [0.15, 0.2) is 76.7 Å². The number of hydrogen-bond acceptors (Lipinski definition) is 6. The highest BCUT2D eigenvalue weighted by Gasteiger charge is 2.25. The van der Waals surface area contributed by atoms with Crippen LogP contribution >= 0.6 is 11.3 Å². The monoisotopic (exact) mass is 473 g/mol. The molecule has 1 aliphatic rings. The highest BCUT2D eigenvalue weighted by atomic mass is 32.1. The van der Waals surface area contributed by atoms with Crippen molar-refractivity contribution in [3.8, 4) is 22.8 Å². The molecule has 2 aromatic carbocycles. The fourth-order valence-electron chi connectivity index (χ4n) is 4.18. The summed E-state index contributed by atoms with van der Waals surface area (Å²) in [4.78, 5) is 21.4. The van der Waals surface area contributed by atoms with Crippen LogP contribution in [0.1, 0.15) is 26.8 Å². The van der Waals surface area contributed by atoms with Gasteiger partial charge < -0.3 is 14.5 Å². The smallest absolute Gasteiger partial charge is 0.252 e. The Morgan fingerprint density at radius 1 is 1.09 bits per heavy atom. The molecule has 0 radical (unpaired) electrons. The van der Waals surface area contributed by atoms with Gasteiger partial charge in [0.05, 0.1) is 31.0 Å². The van der Waals surface area contributed by atoms with E-state index in [1.54, 1.807) is 17.5 Å². The Hall–Kier alpha value is -3.26. The number of oxazole rings is 1. The summed E-state index contributed by atoms with van der Waals surface area (Å²) in [5.41, 5.74) is 3.36. The van der Waals surface area contributed by atoms with E-state index in [-0.39, 0.29) is 11.9 Å². The maximum absolute atomic E-state index is 13.3. The lowest BCUT2D eigenvalue weighted by Crippen LogP contribution is -2.43. The van der Waals surface area contributed by atoms with Crippen molar-refractivity contribution in [2.75, 3.05) is 32.8 Å². The molecule has 0 bridgehead atoms. The lowest BCUT2D eigenvalue weighted by atomic mass is 10.1. The van der Waals surface area contributed by atoms with Crippen LogP contribution in [0.5, 0.6) is 0 Å². The summed E-state index contributed by atoms with van der Waals surface area (Å²) < 4.78 is 11.6. The first kappa shape index (κ1) is 22.5. The molecule has 1 atom stereocenters. The second-order valence-corrected chi connectivity index (χ2v) is 9.31. The molecule has 1 fully saturated rings. The fourth-order valence-corrected chi connectivity index (χ4v) is 5.04. The number of aryl methyl sites for hydroxylation is 1. The van der Waals surface area contributed by atoms with Gasteiger partial charge in [-0.3, -0.25) is 9.69 Å². The van der Waals surface area contributed by atoms with Crippen LogP contribution in [-0.4, -0.2) is 48.6 Å². The molecule has 6 nitrogen and oxygen atoms in total. The summed E-state index contributed by atoms with van der Waals surface area (Å²) in [7, 11) is 0. The van der Waals surface area contributed by atoms with E-state index in [2.05, 4.69) is 32.7 Å². The van der Waals surface area contributed by atoms with E-state index >= 15 is 0 Å². The Kier molecular flexibility index (Phi) is 6.85. The zero-order chi connectivity index (χ0) is 23.3. The van der Waals surface area contributed by atoms with E-state index in [0.717, 1.165) is 18.7 Å². The lowest BCUT2D eigenvalue weighted by Gasteiger charge is -2.34. The number of ether oxygens (including phenoxy) is 1. The first-order chi connectivity index (χ1) is 16.7. The summed E-state index contributed by atoms with van der Waals surface area (Å²) >= 11 is 1.71. The number of nitrogens with one attached hydrogen (secondary N) is 1. The van der Waals surface area contributed by atoms with Crippen LogP contribution in [0.4, 0.5) is 0 Å². The molecule has 1 saturated heterocycles. The minimum atomic E-state index is -0.138. The summed E-state index contributed by atoms with van der Waals surface area (Å²) in [6.45, 7) is 5.71. The van der Waals surface area contributed by atoms with Crippen molar-refractivity contribution >= 4 is 17.2 Å². The van der Waals surface area contributed by atoms with Gasteiger partial charge in [-0.2, -0.15) is 0 Å². The minimum Gasteiger partial charge on any atom is -0.436 e. The van der Waals surface area contributed by atoms with Crippen LogP contribution in [0, 0.1) is 6.92 Å². The van der Waals surface area contributed by atoms with Gasteiger partial charge in [0, 0.05) is 35.6 Å². The molecule has 7 heteroatoms. The van der Waals surface area contributed by atoms with Crippen LogP contribution in [-0.2, 0) is 4.74 Å². The molecular weight excluding hydrogens is 446 g/mol. The molecule has 34 heavy (non-hydrogen) atoms. The molecule has 0 unspecified atom stereocenters. The van der Waals surface area contributed by atoms with Crippen molar-refractivity contribution in [2.24, 2.45) is 0 Å². The Balaban J connectivity index is 1.35.